The Hall–Kier alpha value is -2.95. The highest BCUT2D eigenvalue weighted by molar-refractivity contribution is 6.01. The van der Waals surface area contributed by atoms with E-state index in [1.807, 2.05) is 26.0 Å². The van der Waals surface area contributed by atoms with E-state index in [0.29, 0.717) is 18.5 Å². The van der Waals surface area contributed by atoms with Crippen LogP contribution in [0.15, 0.2) is 36.4 Å². The number of nitrogens with zero attached hydrogens (tertiary/aromatic N) is 2. The van der Waals surface area contributed by atoms with Crippen molar-refractivity contribution < 1.29 is 14.4 Å². The molecule has 1 unspecified atom stereocenters. The number of hydrogen-bond donors (Lipinski definition) is 0. The molecule has 1 heterocycles. The molecule has 3 amide bonds. The number of rotatable bonds is 5. The Bertz CT molecular complexity index is 970. The highest BCUT2D eigenvalue weighted by Gasteiger charge is 2.30. The first kappa shape index (κ1) is 24.7. The summed E-state index contributed by atoms with van der Waals surface area (Å²) < 4.78 is 0. The minimum absolute atomic E-state index is 0.144. The molecular weight excluding hydrogens is 412 g/mol. The van der Waals surface area contributed by atoms with Crippen LogP contribution in [0, 0.1) is 20.8 Å². The molecule has 0 radical (unpaired) electrons. The Morgan fingerprint density at radius 2 is 1.55 bits per heavy atom. The number of hydrogen-bond acceptors (Lipinski definition) is 3. The molecule has 2 aromatic rings. The maximum Gasteiger partial charge on any atom is 0.260 e. The van der Waals surface area contributed by atoms with Crippen LogP contribution >= 0.6 is 0 Å². The summed E-state index contributed by atoms with van der Waals surface area (Å²) in [6, 6.07) is 11.1. The molecule has 0 aromatic heterocycles. The standard InChI is InChI=1S/C22H24N2O3.C6H12/c1-15-6-4-5-7-19(15)22(27)24(14-26)12-21-20-11-17(3)16(2)10-18(20)8-9-23(21)13-25;1-2-4-6-5-3-1/h4-7,10-11,13-14,21H,8-9,12H2,1-3H3;1-6H2. The highest BCUT2D eigenvalue weighted by atomic mass is 16.2. The van der Waals surface area contributed by atoms with Gasteiger partial charge in [-0.3, -0.25) is 19.3 Å². The van der Waals surface area contributed by atoms with Gasteiger partial charge in [0.2, 0.25) is 12.8 Å². The number of benzene rings is 2. The van der Waals surface area contributed by atoms with E-state index in [1.54, 1.807) is 17.0 Å². The first-order valence-corrected chi connectivity index (χ1v) is 12.1. The van der Waals surface area contributed by atoms with Crippen molar-refractivity contribution in [2.24, 2.45) is 0 Å². The minimum Gasteiger partial charge on any atom is -0.336 e. The fraction of sp³-hybridized carbons (Fsp3) is 0.464. The van der Waals surface area contributed by atoms with Crippen molar-refractivity contribution in [3.05, 3.63) is 69.8 Å². The van der Waals surface area contributed by atoms with Crippen LogP contribution < -0.4 is 0 Å². The van der Waals surface area contributed by atoms with E-state index in [2.05, 4.69) is 19.1 Å². The second-order valence-corrected chi connectivity index (χ2v) is 9.24. The Kier molecular flexibility index (Phi) is 8.81. The Morgan fingerprint density at radius 3 is 2.12 bits per heavy atom. The predicted octanol–water partition coefficient (Wildman–Crippen LogP) is 5.31. The average Bonchev–Trinajstić information content (AvgIpc) is 2.84. The Morgan fingerprint density at radius 1 is 0.939 bits per heavy atom. The van der Waals surface area contributed by atoms with E-state index < -0.39 is 0 Å². The zero-order valence-corrected chi connectivity index (χ0v) is 20.2. The summed E-state index contributed by atoms with van der Waals surface area (Å²) >= 11 is 0. The van der Waals surface area contributed by atoms with E-state index in [0.717, 1.165) is 29.5 Å². The number of fused-ring (bicyclic) bond motifs is 1. The molecule has 1 aliphatic heterocycles. The summed E-state index contributed by atoms with van der Waals surface area (Å²) in [5.74, 6) is -0.343. The zero-order valence-electron chi connectivity index (χ0n) is 20.2. The molecule has 176 valence electrons. The SMILES string of the molecule is C1CCCCC1.Cc1cc2c(cc1C)C(CN(C=O)C(=O)c1ccccc1C)N(C=O)CC2. The van der Waals surface area contributed by atoms with Gasteiger partial charge in [0, 0.05) is 12.1 Å². The summed E-state index contributed by atoms with van der Waals surface area (Å²) in [5.41, 5.74) is 5.84. The van der Waals surface area contributed by atoms with Gasteiger partial charge < -0.3 is 4.90 Å². The van der Waals surface area contributed by atoms with Gasteiger partial charge >= 0.3 is 0 Å². The van der Waals surface area contributed by atoms with Gasteiger partial charge in [-0.1, -0.05) is 68.9 Å². The second-order valence-electron chi connectivity index (χ2n) is 9.24. The lowest BCUT2D eigenvalue weighted by atomic mass is 9.89. The van der Waals surface area contributed by atoms with Gasteiger partial charge in [-0.2, -0.15) is 0 Å². The summed E-state index contributed by atoms with van der Waals surface area (Å²) in [7, 11) is 0. The van der Waals surface area contributed by atoms with Crippen molar-refractivity contribution in [3.8, 4) is 0 Å². The molecule has 33 heavy (non-hydrogen) atoms. The van der Waals surface area contributed by atoms with Crippen molar-refractivity contribution in [1.82, 2.24) is 9.80 Å². The molecule has 5 nitrogen and oxygen atoms in total. The van der Waals surface area contributed by atoms with Crippen LogP contribution in [0.1, 0.15) is 82.7 Å². The van der Waals surface area contributed by atoms with Gasteiger partial charge in [-0.25, -0.2) is 0 Å². The summed E-state index contributed by atoms with van der Waals surface area (Å²) in [5, 5.41) is 0. The zero-order chi connectivity index (χ0) is 23.8. The van der Waals surface area contributed by atoms with Crippen LogP contribution in [-0.4, -0.2) is 41.6 Å². The number of carbonyl (C=O) groups excluding carboxylic acids is 3. The molecule has 1 atom stereocenters. The van der Waals surface area contributed by atoms with Crippen molar-refractivity contribution >= 4 is 18.7 Å². The highest BCUT2D eigenvalue weighted by Crippen LogP contribution is 2.32. The molecule has 0 N–H and O–H groups in total. The van der Waals surface area contributed by atoms with Crippen molar-refractivity contribution in [2.75, 3.05) is 13.1 Å². The first-order valence-electron chi connectivity index (χ1n) is 12.1. The van der Waals surface area contributed by atoms with E-state index in [9.17, 15) is 14.4 Å². The maximum atomic E-state index is 12.9. The molecule has 2 aliphatic rings. The van der Waals surface area contributed by atoms with E-state index in [-0.39, 0.29) is 18.5 Å². The number of carbonyl (C=O) groups is 3. The van der Waals surface area contributed by atoms with Crippen LogP contribution in [0.4, 0.5) is 0 Å². The van der Waals surface area contributed by atoms with E-state index in [4.69, 9.17) is 0 Å². The summed E-state index contributed by atoms with van der Waals surface area (Å²) in [6.45, 7) is 6.66. The molecule has 4 rings (SSSR count). The molecule has 5 heteroatoms. The van der Waals surface area contributed by atoms with Crippen LogP contribution in [0.5, 0.6) is 0 Å². The summed E-state index contributed by atoms with van der Waals surface area (Å²) in [6.07, 6.45) is 11.1. The van der Waals surface area contributed by atoms with Gasteiger partial charge in [0.1, 0.15) is 0 Å². The van der Waals surface area contributed by atoms with Crippen LogP contribution in [0.3, 0.4) is 0 Å². The van der Waals surface area contributed by atoms with Gasteiger partial charge in [-0.15, -0.1) is 0 Å². The molecular formula is C28H36N2O3. The third kappa shape index (κ3) is 6.10. The van der Waals surface area contributed by atoms with Gasteiger partial charge in [-0.05, 0) is 61.1 Å². The van der Waals surface area contributed by atoms with Gasteiger partial charge in [0.25, 0.3) is 5.91 Å². The average molecular weight is 449 g/mol. The number of amides is 3. The third-order valence-electron chi connectivity index (χ3n) is 6.92. The largest absolute Gasteiger partial charge is 0.336 e. The van der Waals surface area contributed by atoms with Gasteiger partial charge in [0.05, 0.1) is 12.6 Å². The Balaban J connectivity index is 0.000000442. The van der Waals surface area contributed by atoms with Crippen LogP contribution in [-0.2, 0) is 16.0 Å². The molecule has 0 saturated heterocycles. The second kappa shape index (κ2) is 11.8. The molecule has 2 aromatic carbocycles. The van der Waals surface area contributed by atoms with Crippen molar-refractivity contribution in [1.29, 1.82) is 0 Å². The maximum absolute atomic E-state index is 12.9. The van der Waals surface area contributed by atoms with E-state index in [1.165, 1.54) is 54.6 Å². The lowest BCUT2D eigenvalue weighted by Gasteiger charge is -2.37. The first-order chi connectivity index (χ1) is 16.0. The lowest BCUT2D eigenvalue weighted by molar-refractivity contribution is -0.123. The molecule has 1 saturated carbocycles. The van der Waals surface area contributed by atoms with E-state index >= 15 is 0 Å². The normalized spacial score (nSPS) is 17.3. The fourth-order valence-corrected chi connectivity index (χ4v) is 4.73. The number of aryl methyl sites for hydroxylation is 3. The predicted molar refractivity (Wildman–Crippen MR) is 131 cm³/mol. The van der Waals surface area contributed by atoms with Crippen LogP contribution in [0.25, 0.3) is 0 Å². The van der Waals surface area contributed by atoms with Crippen LogP contribution in [0.2, 0.25) is 0 Å². The summed E-state index contributed by atoms with van der Waals surface area (Å²) in [4.78, 5) is 39.1. The smallest absolute Gasteiger partial charge is 0.260 e. The topological polar surface area (TPSA) is 57.7 Å². The Labute approximate surface area is 197 Å². The molecule has 1 aliphatic carbocycles. The number of imide groups is 1. The van der Waals surface area contributed by atoms with Gasteiger partial charge in [0.15, 0.2) is 0 Å². The molecule has 1 fully saturated rings. The quantitative estimate of drug-likeness (QED) is 0.583. The lowest BCUT2D eigenvalue weighted by Crippen LogP contribution is -2.43. The fourth-order valence-electron chi connectivity index (χ4n) is 4.73. The molecule has 0 bridgehead atoms. The minimum atomic E-state index is -0.343. The van der Waals surface area contributed by atoms with Crippen molar-refractivity contribution in [2.45, 2.75) is 71.8 Å². The van der Waals surface area contributed by atoms with Crippen molar-refractivity contribution in [3.63, 3.8) is 0 Å². The monoisotopic (exact) mass is 448 g/mol. The third-order valence-corrected chi connectivity index (χ3v) is 6.92. The molecule has 0 spiro atoms.